The normalized spacial score (nSPS) is 18.0. The van der Waals surface area contributed by atoms with Gasteiger partial charge in [-0.15, -0.1) is 10.2 Å². The number of hydrogen-bond donors (Lipinski definition) is 3. The molecule has 2 saturated heterocycles. The molecule has 2 aromatic heterocycles. The van der Waals surface area contributed by atoms with Gasteiger partial charge in [-0.1, -0.05) is 65.8 Å². The van der Waals surface area contributed by atoms with E-state index >= 15 is 0 Å². The molecule has 4 fully saturated rings. The highest BCUT2D eigenvalue weighted by molar-refractivity contribution is 5.79. The Labute approximate surface area is 418 Å². The Morgan fingerprint density at radius 1 is 0.653 bits per heavy atom. The number of nitrogens with two attached hydrogens (primary N) is 1. The van der Waals surface area contributed by atoms with E-state index in [0.717, 1.165) is 72.8 Å². The van der Waals surface area contributed by atoms with Crippen LogP contribution in [0.4, 0.5) is 23.3 Å². The molecule has 10 rings (SSSR count). The number of piperazine rings is 2. The molecule has 4 heterocycles. The summed E-state index contributed by atoms with van der Waals surface area (Å²) in [7, 11) is 3.32. The molecule has 20 heteroatoms. The van der Waals surface area contributed by atoms with E-state index in [-0.39, 0.29) is 60.7 Å². The maximum atomic E-state index is 13.3. The summed E-state index contributed by atoms with van der Waals surface area (Å²) >= 11 is 0. The number of anilines is 3. The van der Waals surface area contributed by atoms with E-state index in [9.17, 15) is 19.7 Å². The summed E-state index contributed by atoms with van der Waals surface area (Å²) in [6.07, 6.45) is 8.68. The monoisotopic (exact) mass is 982 g/mol. The summed E-state index contributed by atoms with van der Waals surface area (Å²) in [6, 6.07) is 32.4. The third kappa shape index (κ3) is 12.2. The first-order chi connectivity index (χ1) is 35.1. The quantitative estimate of drug-likeness (QED) is 0.0704. The van der Waals surface area contributed by atoms with Gasteiger partial charge in [-0.05, 0) is 96.7 Å². The molecule has 4 N–H and O–H groups in total. The maximum Gasteiger partial charge on any atom is 0.453 e. The van der Waals surface area contributed by atoms with Crippen LogP contribution in [0.3, 0.4) is 0 Å². The summed E-state index contributed by atoms with van der Waals surface area (Å²) in [5, 5.41) is 23.6. The van der Waals surface area contributed by atoms with Crippen molar-refractivity contribution in [1.29, 1.82) is 0 Å². The molecule has 0 spiro atoms. The molecule has 2 aliphatic heterocycles. The van der Waals surface area contributed by atoms with Crippen molar-refractivity contribution in [3.05, 3.63) is 130 Å². The Bertz CT molecular complexity index is 2770. The zero-order chi connectivity index (χ0) is 50.0. The number of ether oxygens (including phenoxy) is 4. The van der Waals surface area contributed by atoms with E-state index in [2.05, 4.69) is 76.6 Å². The molecule has 2 atom stereocenters. The number of nitro groups is 1. The number of aromatic nitrogens is 6. The minimum absolute atomic E-state index is 0.0111. The van der Waals surface area contributed by atoms with E-state index in [1.807, 2.05) is 70.5 Å². The number of H-pyrrole nitrogens is 2. The average Bonchev–Trinajstić information content (AvgIpc) is 4.02. The minimum atomic E-state index is -0.657. The van der Waals surface area contributed by atoms with Crippen LogP contribution in [-0.2, 0) is 35.3 Å². The molecule has 72 heavy (non-hydrogen) atoms. The predicted molar refractivity (Wildman–Crippen MR) is 269 cm³/mol. The van der Waals surface area contributed by atoms with Crippen LogP contribution >= 0.6 is 0 Å². The first-order valence-corrected chi connectivity index (χ1v) is 24.7. The van der Waals surface area contributed by atoms with E-state index in [1.165, 1.54) is 18.4 Å². The zero-order valence-electron chi connectivity index (χ0n) is 40.7. The van der Waals surface area contributed by atoms with Crippen LogP contribution in [0.2, 0.25) is 0 Å². The van der Waals surface area contributed by atoms with Crippen LogP contribution in [0.5, 0.6) is 23.0 Å². The Morgan fingerprint density at radius 3 is 1.57 bits per heavy atom. The summed E-state index contributed by atoms with van der Waals surface area (Å²) in [5.74, 6) is 3.15. The highest BCUT2D eigenvalue weighted by Gasteiger charge is 2.34. The highest BCUT2D eigenvalue weighted by atomic mass is 16.6. The Hall–Kier alpha value is -7.90. The Morgan fingerprint density at radius 2 is 1.15 bits per heavy atom. The SMILES string of the molecule is COc1ccc(N2CCN(C(=O)Cc3n[nH]c([N+](=O)[O-])n3)[C@@H](Cc3ccccc3)C2)cc1OC1CCC1.COc1ccc(N2CCN(C(=O)Cc3nc(N)n[nH]3)[C@@H](Cc3ccccc3)C2)cc1OC1CCC1. The van der Waals surface area contributed by atoms with Gasteiger partial charge in [-0.3, -0.25) is 14.7 Å². The number of carbonyl (C=O) groups is 2. The van der Waals surface area contributed by atoms with E-state index < -0.39 is 10.9 Å². The molecule has 378 valence electrons. The van der Waals surface area contributed by atoms with Crippen molar-refractivity contribution in [2.75, 3.05) is 69.0 Å². The fourth-order valence-corrected chi connectivity index (χ4v) is 9.52. The van der Waals surface area contributed by atoms with Gasteiger partial charge in [0.2, 0.25) is 17.8 Å². The van der Waals surface area contributed by atoms with Gasteiger partial charge in [0, 0.05) is 62.8 Å². The highest BCUT2D eigenvalue weighted by Crippen LogP contribution is 2.38. The summed E-state index contributed by atoms with van der Waals surface area (Å²) < 4.78 is 23.5. The molecule has 6 aromatic rings. The predicted octanol–water partition coefficient (Wildman–Crippen LogP) is 5.98. The second-order valence-electron chi connectivity index (χ2n) is 18.6. The first-order valence-electron chi connectivity index (χ1n) is 24.7. The smallest absolute Gasteiger partial charge is 0.453 e. The third-order valence-corrected chi connectivity index (χ3v) is 13.8. The van der Waals surface area contributed by atoms with Crippen molar-refractivity contribution < 1.29 is 33.5 Å². The van der Waals surface area contributed by atoms with Gasteiger partial charge >= 0.3 is 5.95 Å². The molecule has 0 bridgehead atoms. The number of hydrogen-bond acceptors (Lipinski definition) is 15. The number of rotatable bonds is 17. The van der Waals surface area contributed by atoms with Gasteiger partial charge in [0.1, 0.15) is 12.2 Å². The lowest BCUT2D eigenvalue weighted by molar-refractivity contribution is -0.394. The van der Waals surface area contributed by atoms with Gasteiger partial charge < -0.3 is 54.4 Å². The Kier molecular flexibility index (Phi) is 15.6. The zero-order valence-corrected chi connectivity index (χ0v) is 40.7. The lowest BCUT2D eigenvalue weighted by Gasteiger charge is -2.43. The van der Waals surface area contributed by atoms with Gasteiger partial charge in [0.05, 0.1) is 44.9 Å². The largest absolute Gasteiger partial charge is 0.493 e. The number of nitrogens with one attached hydrogen (secondary N) is 2. The van der Waals surface area contributed by atoms with Crippen LogP contribution in [-0.4, -0.2) is 135 Å². The number of methoxy groups -OCH3 is 2. The van der Waals surface area contributed by atoms with Crippen molar-refractivity contribution >= 4 is 35.1 Å². The fraction of sp³-hybridized carbons (Fsp3) is 0.423. The minimum Gasteiger partial charge on any atom is -0.493 e. The van der Waals surface area contributed by atoms with Crippen molar-refractivity contribution in [1.82, 2.24) is 40.2 Å². The molecule has 2 aliphatic carbocycles. The molecule has 2 saturated carbocycles. The average molecular weight is 983 g/mol. The van der Waals surface area contributed by atoms with E-state index in [0.29, 0.717) is 50.7 Å². The van der Waals surface area contributed by atoms with Crippen molar-refractivity contribution in [3.63, 3.8) is 0 Å². The van der Waals surface area contributed by atoms with Crippen LogP contribution in [0, 0.1) is 10.1 Å². The first kappa shape index (κ1) is 49.1. The molecule has 20 nitrogen and oxygen atoms in total. The molecule has 2 amide bonds. The third-order valence-electron chi connectivity index (χ3n) is 13.8. The summed E-state index contributed by atoms with van der Waals surface area (Å²) in [5.41, 5.74) is 10.0. The number of nitrogens with zero attached hydrogens (tertiary/aromatic N) is 9. The van der Waals surface area contributed by atoms with Gasteiger partial charge in [0.15, 0.2) is 23.0 Å². The second kappa shape index (κ2) is 22.9. The van der Waals surface area contributed by atoms with E-state index in [4.69, 9.17) is 24.7 Å². The van der Waals surface area contributed by atoms with Crippen LogP contribution in [0.1, 0.15) is 61.3 Å². The van der Waals surface area contributed by atoms with Gasteiger partial charge in [-0.25, -0.2) is 0 Å². The van der Waals surface area contributed by atoms with Crippen molar-refractivity contribution in [2.24, 2.45) is 0 Å². The standard InChI is InChI=1S/C26H30N6O5.C26H32N6O3/c1-36-22-11-10-19(15-23(22)37-21-8-5-9-21)30-12-13-31(20(17-30)14-18-6-3-2-4-7-18)25(33)16-24-27-26(29-28-24)32(34)35;1-34-22-11-10-19(15-23(22)35-21-8-5-9-21)31-12-13-32(25(33)16-24-28-26(27)30-29-24)20(17-31)14-18-6-3-2-4-7-18/h2-4,6-7,10-11,15,20-21H,5,8-9,12-14,16-17H2,1H3,(H,27,28,29);2-4,6-7,10-11,15,20-21H,5,8-9,12-14,16-17H2,1H3,(H3,27,28,29,30)/t2*20-/m00/s1. The second-order valence-corrected chi connectivity index (χ2v) is 18.6. The molecular formula is C52H62N12O8. The molecule has 0 unspecified atom stereocenters. The number of carbonyl (C=O) groups excluding carboxylic acids is 2. The molecule has 4 aliphatic rings. The molecular weight excluding hydrogens is 921 g/mol. The fourth-order valence-electron chi connectivity index (χ4n) is 9.52. The van der Waals surface area contributed by atoms with Crippen molar-refractivity contribution in [3.8, 4) is 23.0 Å². The van der Waals surface area contributed by atoms with Crippen LogP contribution < -0.4 is 34.5 Å². The maximum absolute atomic E-state index is 13.3. The molecule has 4 aromatic carbocycles. The topological polar surface area (TPSA) is 236 Å². The molecule has 0 radical (unpaired) electrons. The van der Waals surface area contributed by atoms with Crippen molar-refractivity contribution in [2.45, 2.75) is 88.5 Å². The number of aromatic amines is 2. The summed E-state index contributed by atoms with van der Waals surface area (Å²) in [6.45, 7) is 3.84. The van der Waals surface area contributed by atoms with Gasteiger partial charge in [0.25, 0.3) is 5.82 Å². The summed E-state index contributed by atoms with van der Waals surface area (Å²) in [4.78, 5) is 53.2. The van der Waals surface area contributed by atoms with Gasteiger partial charge in [-0.2, -0.15) is 4.98 Å². The van der Waals surface area contributed by atoms with E-state index in [1.54, 1.807) is 14.2 Å². The number of amides is 2. The number of benzene rings is 4. The lowest BCUT2D eigenvalue weighted by Crippen LogP contribution is -2.56. The lowest BCUT2D eigenvalue weighted by atomic mass is 9.96. The Balaban J connectivity index is 0.000000178. The van der Waals surface area contributed by atoms with Crippen LogP contribution in [0.25, 0.3) is 0 Å². The van der Waals surface area contributed by atoms with Crippen LogP contribution in [0.15, 0.2) is 97.1 Å². The number of nitrogen functional groups attached to an aromatic ring is 1.